The number of rotatable bonds is 87. The Hall–Kier alpha value is -1.94. The van der Waals surface area contributed by atoms with E-state index in [0.717, 1.165) is 102 Å². The van der Waals surface area contributed by atoms with Crippen LogP contribution in [-0.4, -0.2) is 96.7 Å². The van der Waals surface area contributed by atoms with E-state index < -0.39 is 97.5 Å². The van der Waals surface area contributed by atoms with Gasteiger partial charge in [-0.15, -0.1) is 0 Å². The molecule has 0 bridgehead atoms. The summed E-state index contributed by atoms with van der Waals surface area (Å²) in [7, 11) is -9.93. The van der Waals surface area contributed by atoms with Gasteiger partial charge in [-0.05, 0) is 37.5 Å². The van der Waals surface area contributed by atoms with Crippen molar-refractivity contribution in [3.8, 4) is 0 Å². The van der Waals surface area contributed by atoms with Crippen LogP contribution in [0.5, 0.6) is 0 Å². The molecule has 0 amide bonds. The van der Waals surface area contributed by atoms with Crippen molar-refractivity contribution in [3.05, 3.63) is 0 Å². The van der Waals surface area contributed by atoms with Crippen molar-refractivity contribution < 1.29 is 80.2 Å². The number of aliphatic hydroxyl groups is 1. The lowest BCUT2D eigenvalue weighted by Crippen LogP contribution is -2.30. The van der Waals surface area contributed by atoms with Gasteiger partial charge in [0.15, 0.2) is 12.2 Å². The van der Waals surface area contributed by atoms with Crippen molar-refractivity contribution in [2.75, 3.05) is 39.6 Å². The summed E-state index contributed by atoms with van der Waals surface area (Å²) in [6, 6.07) is 0. The molecule has 0 rings (SSSR count). The van der Waals surface area contributed by atoms with Gasteiger partial charge in [-0.3, -0.25) is 37.3 Å². The Morgan fingerprint density at radius 3 is 0.664 bits per heavy atom. The molecule has 0 aliphatic rings. The van der Waals surface area contributed by atoms with Gasteiger partial charge in [0.25, 0.3) is 0 Å². The maximum atomic E-state index is 13.2. The second kappa shape index (κ2) is 79.3. The smallest absolute Gasteiger partial charge is 0.462 e. The van der Waals surface area contributed by atoms with E-state index in [2.05, 4.69) is 41.5 Å². The van der Waals surface area contributed by atoms with Crippen LogP contribution in [0.2, 0.25) is 0 Å². The number of esters is 4. The molecule has 0 aliphatic carbocycles. The summed E-state index contributed by atoms with van der Waals surface area (Å²) in [5.41, 5.74) is 0. The van der Waals surface area contributed by atoms with Gasteiger partial charge in [0.1, 0.15) is 19.3 Å². The van der Waals surface area contributed by atoms with Gasteiger partial charge in [-0.1, -0.05) is 420 Å². The number of carbonyl (C=O) groups excluding carboxylic acids is 4. The molecule has 0 saturated carbocycles. The quantitative estimate of drug-likeness (QED) is 0.0222. The van der Waals surface area contributed by atoms with Crippen LogP contribution in [0.1, 0.15) is 472 Å². The normalized spacial score (nSPS) is 14.3. The van der Waals surface area contributed by atoms with Gasteiger partial charge in [0.05, 0.1) is 26.4 Å². The first-order valence-corrected chi connectivity index (χ1v) is 48.6. The minimum Gasteiger partial charge on any atom is -0.462 e. The second-order valence-corrected chi connectivity index (χ2v) is 35.0. The maximum absolute atomic E-state index is 13.2. The molecule has 0 saturated heterocycles. The first-order chi connectivity index (χ1) is 51.9. The van der Waals surface area contributed by atoms with Crippen molar-refractivity contribution >= 4 is 39.5 Å². The lowest BCUT2D eigenvalue weighted by molar-refractivity contribution is -0.161. The Kier molecular flexibility index (Phi) is 77.9. The van der Waals surface area contributed by atoms with E-state index in [1.165, 1.54) is 289 Å². The number of unbranched alkanes of at least 4 members (excludes halogenated alkanes) is 55. The molecule has 636 valence electrons. The summed E-state index contributed by atoms with van der Waals surface area (Å²) in [6.45, 7) is 9.77. The van der Waals surface area contributed by atoms with Crippen LogP contribution in [0.15, 0.2) is 0 Å². The van der Waals surface area contributed by atoms with Crippen molar-refractivity contribution in [2.24, 2.45) is 11.8 Å². The molecule has 107 heavy (non-hydrogen) atoms. The molecule has 3 N–H and O–H groups in total. The van der Waals surface area contributed by atoms with Gasteiger partial charge in [0, 0.05) is 25.7 Å². The van der Waals surface area contributed by atoms with Crippen molar-refractivity contribution in [3.63, 3.8) is 0 Å². The third-order valence-corrected chi connectivity index (χ3v) is 23.3. The number of phosphoric ester groups is 2. The first kappa shape index (κ1) is 105. The predicted molar refractivity (Wildman–Crippen MR) is 442 cm³/mol. The molecule has 0 aromatic carbocycles. The fraction of sp³-hybridized carbons (Fsp3) is 0.955. The summed E-state index contributed by atoms with van der Waals surface area (Å²) >= 11 is 0. The highest BCUT2D eigenvalue weighted by Gasteiger charge is 2.31. The van der Waals surface area contributed by atoms with Crippen LogP contribution < -0.4 is 0 Å². The molecule has 4 unspecified atom stereocenters. The molecule has 0 fully saturated rings. The molecule has 19 heteroatoms. The van der Waals surface area contributed by atoms with E-state index >= 15 is 0 Å². The van der Waals surface area contributed by atoms with Gasteiger partial charge in [-0.2, -0.15) is 0 Å². The molecule has 0 spiro atoms. The van der Waals surface area contributed by atoms with E-state index in [-0.39, 0.29) is 25.7 Å². The van der Waals surface area contributed by atoms with E-state index in [4.69, 9.17) is 37.0 Å². The third-order valence-electron chi connectivity index (χ3n) is 21.4. The Morgan fingerprint density at radius 2 is 0.449 bits per heavy atom. The third kappa shape index (κ3) is 79.1. The summed E-state index contributed by atoms with van der Waals surface area (Å²) in [6.07, 6.45) is 72.1. The molecule has 0 radical (unpaired) electrons. The number of aliphatic hydroxyl groups excluding tert-OH is 1. The zero-order valence-corrected chi connectivity index (χ0v) is 72.2. The maximum Gasteiger partial charge on any atom is 0.472 e. The fourth-order valence-electron chi connectivity index (χ4n) is 13.7. The summed E-state index contributed by atoms with van der Waals surface area (Å²) in [4.78, 5) is 73.3. The summed E-state index contributed by atoms with van der Waals surface area (Å²) in [5, 5.41) is 10.7. The Labute approximate surface area is 658 Å². The van der Waals surface area contributed by atoms with Crippen LogP contribution in [0.3, 0.4) is 0 Å². The Bertz CT molecular complexity index is 2050. The minimum absolute atomic E-state index is 0.107. The topological polar surface area (TPSA) is 237 Å². The number of hydrogen-bond donors (Lipinski definition) is 3. The van der Waals surface area contributed by atoms with E-state index in [1.807, 2.05) is 0 Å². The molecule has 0 aromatic heterocycles. The largest absolute Gasteiger partial charge is 0.472 e. The average molecular weight is 1560 g/mol. The number of hydrogen-bond acceptors (Lipinski definition) is 15. The van der Waals surface area contributed by atoms with Crippen molar-refractivity contribution in [1.29, 1.82) is 0 Å². The molecule has 0 aromatic rings. The van der Waals surface area contributed by atoms with Gasteiger partial charge in [0.2, 0.25) is 0 Å². The van der Waals surface area contributed by atoms with Crippen LogP contribution in [-0.2, 0) is 65.4 Å². The molecule has 0 heterocycles. The van der Waals surface area contributed by atoms with Crippen LogP contribution in [0, 0.1) is 11.8 Å². The Morgan fingerprint density at radius 1 is 0.262 bits per heavy atom. The highest BCUT2D eigenvalue weighted by atomic mass is 31.2. The highest BCUT2D eigenvalue weighted by molar-refractivity contribution is 7.47. The van der Waals surface area contributed by atoms with Crippen LogP contribution in [0.4, 0.5) is 0 Å². The summed E-state index contributed by atoms with van der Waals surface area (Å²) < 4.78 is 68.9. The Balaban J connectivity index is 5.23. The van der Waals surface area contributed by atoms with Gasteiger partial charge >= 0.3 is 39.5 Å². The van der Waals surface area contributed by atoms with E-state index in [9.17, 15) is 43.2 Å². The minimum atomic E-state index is -4.97. The van der Waals surface area contributed by atoms with E-state index in [0.29, 0.717) is 25.7 Å². The highest BCUT2D eigenvalue weighted by Crippen LogP contribution is 2.45. The first-order valence-electron chi connectivity index (χ1n) is 45.6. The van der Waals surface area contributed by atoms with Gasteiger partial charge < -0.3 is 33.8 Å². The number of phosphoric acid groups is 2. The standard InChI is InChI=1S/C88H172O17P2/c1-7-11-13-15-17-19-21-22-23-24-25-26-30-33-36-40-47-53-59-65-71-86(91)99-77-83(104-87(92)72-66-60-54-48-41-37-34-31-28-27-29-32-35-39-44-50-56-62-68-80(5)9-3)78-102-106(94,95)100-74-82(89)75-101-107(96,97)103-79-84(76-98-85(90)70-64-58-52-46-38-20-18-16-14-12-8-2)105-88(93)73-67-61-55-49-43-42-45-51-57-63-69-81(6)10-4/h80-84,89H,7-79H2,1-6H3,(H,94,95)(H,96,97)/t80?,81?,82-,83-,84-/m1/s1. The molecular weight excluding hydrogens is 1390 g/mol. The summed E-state index contributed by atoms with van der Waals surface area (Å²) in [5.74, 6) is -0.426. The lowest BCUT2D eigenvalue weighted by Gasteiger charge is -2.21. The predicted octanol–water partition coefficient (Wildman–Crippen LogP) is 27.0. The van der Waals surface area contributed by atoms with Crippen molar-refractivity contribution in [1.82, 2.24) is 0 Å². The molecule has 0 aliphatic heterocycles. The monoisotopic (exact) mass is 1560 g/mol. The van der Waals surface area contributed by atoms with Crippen molar-refractivity contribution in [2.45, 2.75) is 490 Å². The van der Waals surface area contributed by atoms with Crippen LogP contribution in [0.25, 0.3) is 0 Å². The zero-order valence-electron chi connectivity index (χ0n) is 70.5. The van der Waals surface area contributed by atoms with Crippen LogP contribution >= 0.6 is 15.6 Å². The average Bonchev–Trinajstić information content (AvgIpc) is 0.900. The van der Waals surface area contributed by atoms with Gasteiger partial charge in [-0.25, -0.2) is 9.13 Å². The zero-order chi connectivity index (χ0) is 78.5. The number of ether oxygens (including phenoxy) is 4. The second-order valence-electron chi connectivity index (χ2n) is 32.1. The fourth-order valence-corrected chi connectivity index (χ4v) is 15.3. The SMILES string of the molecule is CCCCCCCCCCCCCCCCCCCCCCC(=O)OC[C@H](COP(=O)(O)OC[C@@H](O)COP(=O)(O)OC[C@@H](COC(=O)CCCCCCCCCCCCC)OC(=O)CCCCCCCCCCCCC(C)CC)OC(=O)CCCCCCCCCCCCCCCCCCCCC(C)CC. The lowest BCUT2D eigenvalue weighted by atomic mass is 9.99. The number of carbonyl (C=O) groups is 4. The molecule has 7 atom stereocenters. The van der Waals surface area contributed by atoms with E-state index in [1.54, 1.807) is 0 Å². The molecular formula is C88H172O17P2. The molecule has 17 nitrogen and oxygen atoms in total.